The second-order valence-corrected chi connectivity index (χ2v) is 5.48. The number of benzene rings is 1. The molecule has 2 rings (SSSR count). The highest BCUT2D eigenvalue weighted by molar-refractivity contribution is 9.10. The lowest BCUT2D eigenvalue weighted by Gasteiger charge is -2.09. The number of halogens is 2. The van der Waals surface area contributed by atoms with E-state index in [1.165, 1.54) is 12.1 Å². The molecule has 0 atom stereocenters. The standard InChI is InChI=1S/C15H18BrFN2O/c1-3-14-12(9-20)15(4-2)19(18-14)8-10-7-11(17)5-6-13(10)16/h5-7,20H,3-4,8-9H2,1-2H3. The van der Waals surface area contributed by atoms with Crippen LogP contribution in [0.3, 0.4) is 0 Å². The quantitative estimate of drug-likeness (QED) is 0.905. The Hall–Kier alpha value is -1.20. The Morgan fingerprint density at radius 2 is 2.05 bits per heavy atom. The van der Waals surface area contributed by atoms with Gasteiger partial charge in [0.05, 0.1) is 18.8 Å². The molecule has 3 nitrogen and oxygen atoms in total. The molecule has 0 aliphatic rings. The van der Waals surface area contributed by atoms with Crippen molar-refractivity contribution >= 4 is 15.9 Å². The van der Waals surface area contributed by atoms with Crippen molar-refractivity contribution in [2.75, 3.05) is 0 Å². The van der Waals surface area contributed by atoms with Crippen LogP contribution in [-0.2, 0) is 26.0 Å². The predicted octanol–water partition coefficient (Wildman–Crippen LogP) is 3.45. The minimum absolute atomic E-state index is 0.00331. The molecule has 0 fully saturated rings. The van der Waals surface area contributed by atoms with Gasteiger partial charge in [-0.1, -0.05) is 29.8 Å². The molecule has 1 aromatic heterocycles. The van der Waals surface area contributed by atoms with E-state index in [2.05, 4.69) is 21.0 Å². The highest BCUT2D eigenvalue weighted by Gasteiger charge is 2.15. The van der Waals surface area contributed by atoms with Crippen molar-refractivity contribution in [2.45, 2.75) is 39.8 Å². The molecule has 1 heterocycles. The SMILES string of the molecule is CCc1nn(Cc2cc(F)ccc2Br)c(CC)c1CO. The van der Waals surface area contributed by atoms with E-state index in [1.807, 2.05) is 18.5 Å². The summed E-state index contributed by atoms with van der Waals surface area (Å²) in [6.07, 6.45) is 1.57. The summed E-state index contributed by atoms with van der Waals surface area (Å²) in [7, 11) is 0. The first-order valence-electron chi connectivity index (χ1n) is 6.72. The normalized spacial score (nSPS) is 11.1. The molecule has 20 heavy (non-hydrogen) atoms. The number of aliphatic hydroxyl groups is 1. The average Bonchev–Trinajstić information content (AvgIpc) is 2.79. The molecule has 0 radical (unpaired) electrons. The first kappa shape index (κ1) is 15.2. The summed E-state index contributed by atoms with van der Waals surface area (Å²) in [5.41, 5.74) is 3.68. The molecule has 0 spiro atoms. The summed E-state index contributed by atoms with van der Waals surface area (Å²) in [4.78, 5) is 0. The molecule has 0 aliphatic heterocycles. The minimum Gasteiger partial charge on any atom is -0.392 e. The van der Waals surface area contributed by atoms with Gasteiger partial charge in [-0.2, -0.15) is 5.10 Å². The smallest absolute Gasteiger partial charge is 0.123 e. The molecule has 108 valence electrons. The summed E-state index contributed by atoms with van der Waals surface area (Å²) in [5, 5.41) is 14.1. The Bertz CT molecular complexity index is 610. The molecule has 1 N–H and O–H groups in total. The van der Waals surface area contributed by atoms with Crippen LogP contribution in [0.5, 0.6) is 0 Å². The lowest BCUT2D eigenvalue weighted by atomic mass is 10.1. The third-order valence-electron chi connectivity index (χ3n) is 3.41. The van der Waals surface area contributed by atoms with E-state index in [-0.39, 0.29) is 12.4 Å². The number of rotatable bonds is 5. The van der Waals surface area contributed by atoms with Gasteiger partial charge in [0.25, 0.3) is 0 Å². The second-order valence-electron chi connectivity index (χ2n) is 4.63. The number of nitrogens with zero attached hydrogens (tertiary/aromatic N) is 2. The number of aryl methyl sites for hydroxylation is 1. The van der Waals surface area contributed by atoms with Crippen molar-refractivity contribution in [3.8, 4) is 0 Å². The Kier molecular flexibility index (Phi) is 4.94. The lowest BCUT2D eigenvalue weighted by molar-refractivity contribution is 0.279. The molecular weight excluding hydrogens is 323 g/mol. The van der Waals surface area contributed by atoms with E-state index in [0.29, 0.717) is 6.54 Å². The van der Waals surface area contributed by atoms with Gasteiger partial charge >= 0.3 is 0 Å². The van der Waals surface area contributed by atoms with Gasteiger partial charge in [-0.25, -0.2) is 4.39 Å². The molecular formula is C15H18BrFN2O. The molecule has 2 aromatic rings. The Labute approximate surface area is 126 Å². The first-order chi connectivity index (χ1) is 9.60. The zero-order valence-corrected chi connectivity index (χ0v) is 13.2. The van der Waals surface area contributed by atoms with Gasteiger partial charge in [0.1, 0.15) is 5.82 Å². The fraction of sp³-hybridized carbons (Fsp3) is 0.400. The van der Waals surface area contributed by atoms with Crippen molar-refractivity contribution < 1.29 is 9.50 Å². The average molecular weight is 341 g/mol. The van der Waals surface area contributed by atoms with E-state index in [9.17, 15) is 9.50 Å². The van der Waals surface area contributed by atoms with Crippen molar-refractivity contribution in [3.63, 3.8) is 0 Å². The largest absolute Gasteiger partial charge is 0.392 e. The maximum atomic E-state index is 13.4. The molecule has 1 aromatic carbocycles. The number of aliphatic hydroxyl groups excluding tert-OH is 1. The Morgan fingerprint density at radius 1 is 1.30 bits per heavy atom. The van der Waals surface area contributed by atoms with Crippen LogP contribution in [0.25, 0.3) is 0 Å². The zero-order valence-electron chi connectivity index (χ0n) is 11.7. The third kappa shape index (κ3) is 2.94. The maximum absolute atomic E-state index is 13.4. The summed E-state index contributed by atoms with van der Waals surface area (Å²) in [5.74, 6) is -0.258. The summed E-state index contributed by atoms with van der Waals surface area (Å²) in [6.45, 7) is 4.54. The zero-order chi connectivity index (χ0) is 14.7. The van der Waals surface area contributed by atoms with Crippen LogP contribution in [0.1, 0.15) is 36.4 Å². The minimum atomic E-state index is -0.258. The topological polar surface area (TPSA) is 38.0 Å². The molecule has 0 saturated heterocycles. The number of hydrogen-bond acceptors (Lipinski definition) is 2. The van der Waals surface area contributed by atoms with Crippen LogP contribution < -0.4 is 0 Å². The van der Waals surface area contributed by atoms with Gasteiger partial charge in [-0.05, 0) is 36.6 Å². The van der Waals surface area contributed by atoms with Crippen molar-refractivity contribution in [2.24, 2.45) is 0 Å². The first-order valence-corrected chi connectivity index (χ1v) is 7.52. The summed E-state index contributed by atoms with van der Waals surface area (Å²) < 4.78 is 16.1. The van der Waals surface area contributed by atoms with Crippen LogP contribution in [0, 0.1) is 5.82 Å². The van der Waals surface area contributed by atoms with Crippen molar-refractivity contribution in [1.29, 1.82) is 0 Å². The van der Waals surface area contributed by atoms with Crippen LogP contribution in [0.2, 0.25) is 0 Å². The van der Waals surface area contributed by atoms with E-state index in [4.69, 9.17) is 0 Å². The Balaban J connectivity index is 2.42. The molecule has 0 aliphatic carbocycles. The molecule has 0 saturated carbocycles. The Morgan fingerprint density at radius 3 is 2.65 bits per heavy atom. The van der Waals surface area contributed by atoms with E-state index in [1.54, 1.807) is 6.07 Å². The van der Waals surface area contributed by atoms with Gasteiger partial charge in [0.2, 0.25) is 0 Å². The predicted molar refractivity (Wildman–Crippen MR) is 80.1 cm³/mol. The van der Waals surface area contributed by atoms with Crippen LogP contribution in [0.4, 0.5) is 4.39 Å². The van der Waals surface area contributed by atoms with Gasteiger partial charge in [0.15, 0.2) is 0 Å². The van der Waals surface area contributed by atoms with Gasteiger partial charge in [-0.15, -0.1) is 0 Å². The highest BCUT2D eigenvalue weighted by atomic mass is 79.9. The van der Waals surface area contributed by atoms with Gasteiger partial charge in [0, 0.05) is 15.7 Å². The van der Waals surface area contributed by atoms with Crippen LogP contribution in [-0.4, -0.2) is 14.9 Å². The molecule has 5 heteroatoms. The number of aromatic nitrogens is 2. The van der Waals surface area contributed by atoms with E-state index < -0.39 is 0 Å². The van der Waals surface area contributed by atoms with Gasteiger partial charge in [-0.3, -0.25) is 4.68 Å². The highest BCUT2D eigenvalue weighted by Crippen LogP contribution is 2.22. The van der Waals surface area contributed by atoms with Gasteiger partial charge < -0.3 is 5.11 Å². The third-order valence-corrected chi connectivity index (χ3v) is 4.18. The van der Waals surface area contributed by atoms with Crippen LogP contribution >= 0.6 is 15.9 Å². The van der Waals surface area contributed by atoms with Crippen LogP contribution in [0.15, 0.2) is 22.7 Å². The molecule has 0 unspecified atom stereocenters. The molecule has 0 amide bonds. The monoisotopic (exact) mass is 340 g/mol. The van der Waals surface area contributed by atoms with E-state index >= 15 is 0 Å². The fourth-order valence-electron chi connectivity index (χ4n) is 2.41. The number of hydrogen-bond donors (Lipinski definition) is 1. The molecule has 0 bridgehead atoms. The maximum Gasteiger partial charge on any atom is 0.123 e. The summed E-state index contributed by atoms with van der Waals surface area (Å²) in [6, 6.07) is 4.64. The fourth-order valence-corrected chi connectivity index (χ4v) is 2.78. The lowest BCUT2D eigenvalue weighted by Crippen LogP contribution is -2.07. The van der Waals surface area contributed by atoms with Crippen molar-refractivity contribution in [3.05, 3.63) is 51.0 Å². The summed E-state index contributed by atoms with van der Waals surface area (Å²) >= 11 is 3.44. The second kappa shape index (κ2) is 6.50. The van der Waals surface area contributed by atoms with Crippen molar-refractivity contribution in [1.82, 2.24) is 9.78 Å². The van der Waals surface area contributed by atoms with E-state index in [0.717, 1.165) is 39.8 Å².